The molecule has 3 N–H and O–H groups in total. The van der Waals surface area contributed by atoms with Gasteiger partial charge in [-0.3, -0.25) is 0 Å². The Morgan fingerprint density at radius 1 is 1.31 bits per heavy atom. The lowest BCUT2D eigenvalue weighted by Crippen LogP contribution is -2.40. The fourth-order valence-electron chi connectivity index (χ4n) is 5.25. The van der Waals surface area contributed by atoms with Crippen molar-refractivity contribution in [2.24, 2.45) is 11.7 Å². The van der Waals surface area contributed by atoms with Crippen molar-refractivity contribution in [2.75, 3.05) is 33.5 Å². The highest BCUT2D eigenvalue weighted by molar-refractivity contribution is 5.77. The van der Waals surface area contributed by atoms with Gasteiger partial charge >= 0.3 is 12.2 Å². The van der Waals surface area contributed by atoms with E-state index in [2.05, 4.69) is 10.1 Å². The highest BCUT2D eigenvalue weighted by Gasteiger charge is 2.48. The van der Waals surface area contributed by atoms with Crippen molar-refractivity contribution in [1.29, 1.82) is 0 Å². The molecule has 3 aliphatic rings. The Hall–Kier alpha value is -2.48. The Kier molecular flexibility index (Phi) is 6.36. The van der Waals surface area contributed by atoms with Crippen LogP contribution in [0.25, 0.3) is 5.65 Å². The van der Waals surface area contributed by atoms with E-state index in [1.807, 2.05) is 5.32 Å². The molecular formula is C22H29F3N6O4. The van der Waals surface area contributed by atoms with Gasteiger partial charge in [-0.25, -0.2) is 14.3 Å². The maximum absolute atomic E-state index is 13.2. The normalized spacial score (nSPS) is 24.9. The molecule has 13 heteroatoms. The van der Waals surface area contributed by atoms with Crippen LogP contribution < -0.4 is 11.1 Å². The number of nitrogens with two attached hydrogens (primary N) is 1. The number of aromatic nitrogens is 3. The molecule has 5 rings (SSSR count). The summed E-state index contributed by atoms with van der Waals surface area (Å²) in [4.78, 5) is 18.1. The number of fused-ring (bicyclic) bond motifs is 1. The lowest BCUT2D eigenvalue weighted by Gasteiger charge is -2.37. The van der Waals surface area contributed by atoms with Crippen LogP contribution in [0.15, 0.2) is 18.5 Å². The number of rotatable bonds is 6. The molecule has 0 bridgehead atoms. The highest BCUT2D eigenvalue weighted by Crippen LogP contribution is 2.42. The highest BCUT2D eigenvalue weighted by atomic mass is 19.4. The zero-order chi connectivity index (χ0) is 24.8. The first-order chi connectivity index (χ1) is 16.7. The van der Waals surface area contributed by atoms with Gasteiger partial charge in [0.25, 0.3) is 0 Å². The van der Waals surface area contributed by atoms with Crippen LogP contribution in [0.1, 0.15) is 49.0 Å². The van der Waals surface area contributed by atoms with E-state index in [4.69, 9.17) is 19.9 Å². The molecule has 2 aromatic rings. The molecule has 3 atom stereocenters. The second kappa shape index (κ2) is 9.19. The van der Waals surface area contributed by atoms with E-state index in [1.54, 1.807) is 16.8 Å². The molecule has 1 saturated carbocycles. The van der Waals surface area contributed by atoms with Gasteiger partial charge in [0.15, 0.2) is 11.4 Å². The number of urea groups is 1. The summed E-state index contributed by atoms with van der Waals surface area (Å²) in [6, 6.07) is -2.08. The molecule has 2 amide bonds. The third kappa shape index (κ3) is 4.69. The van der Waals surface area contributed by atoms with Crippen LogP contribution in [0.2, 0.25) is 0 Å². The minimum absolute atomic E-state index is 0.0108. The van der Waals surface area contributed by atoms with Crippen LogP contribution in [-0.4, -0.2) is 77.0 Å². The molecular weight excluding hydrogens is 469 g/mol. The quantitative estimate of drug-likeness (QED) is 0.628. The summed E-state index contributed by atoms with van der Waals surface area (Å²) < 4.78 is 57.9. The summed E-state index contributed by atoms with van der Waals surface area (Å²) in [7, 11) is 1.43. The van der Waals surface area contributed by atoms with Crippen molar-refractivity contribution >= 4 is 11.7 Å². The van der Waals surface area contributed by atoms with Crippen LogP contribution in [-0.2, 0) is 14.2 Å². The zero-order valence-corrected chi connectivity index (χ0v) is 19.3. The molecule has 1 spiro atoms. The number of nitrogens with one attached hydrogen (secondary N) is 1. The lowest BCUT2D eigenvalue weighted by molar-refractivity contribution is -0.183. The first kappa shape index (κ1) is 24.2. The average Bonchev–Trinajstić information content (AvgIpc) is 3.55. The summed E-state index contributed by atoms with van der Waals surface area (Å²) >= 11 is 0. The molecule has 1 aliphatic carbocycles. The molecule has 3 fully saturated rings. The van der Waals surface area contributed by atoms with Gasteiger partial charge in [0.1, 0.15) is 6.04 Å². The predicted octanol–water partition coefficient (Wildman–Crippen LogP) is 2.31. The van der Waals surface area contributed by atoms with Gasteiger partial charge in [-0.1, -0.05) is 0 Å². The number of ether oxygens (including phenoxy) is 3. The summed E-state index contributed by atoms with van der Waals surface area (Å²) in [5.41, 5.74) is 8.27. The van der Waals surface area contributed by atoms with Crippen molar-refractivity contribution in [3.05, 3.63) is 29.7 Å². The third-order valence-corrected chi connectivity index (χ3v) is 7.23. The maximum atomic E-state index is 13.2. The van der Waals surface area contributed by atoms with Gasteiger partial charge in [-0.15, -0.1) is 0 Å². The third-order valence-electron chi connectivity index (χ3n) is 7.23. The van der Waals surface area contributed by atoms with E-state index in [-0.39, 0.29) is 18.6 Å². The molecule has 2 aliphatic heterocycles. The topological polar surface area (TPSA) is 116 Å². The predicted molar refractivity (Wildman–Crippen MR) is 116 cm³/mol. The van der Waals surface area contributed by atoms with Crippen molar-refractivity contribution < 1.29 is 32.2 Å². The van der Waals surface area contributed by atoms with Crippen LogP contribution in [0.5, 0.6) is 0 Å². The zero-order valence-electron chi connectivity index (χ0n) is 19.3. The van der Waals surface area contributed by atoms with E-state index in [0.717, 1.165) is 30.6 Å². The van der Waals surface area contributed by atoms with Gasteiger partial charge in [0, 0.05) is 25.5 Å². The van der Waals surface area contributed by atoms with Gasteiger partial charge in [0.2, 0.25) is 0 Å². The van der Waals surface area contributed by atoms with E-state index >= 15 is 0 Å². The monoisotopic (exact) mass is 498 g/mol. The Morgan fingerprint density at radius 2 is 2.03 bits per heavy atom. The average molecular weight is 499 g/mol. The first-order valence-corrected chi connectivity index (χ1v) is 11.7. The fourth-order valence-corrected chi connectivity index (χ4v) is 5.25. The number of halogens is 3. The number of methoxy groups -OCH3 is 1. The Balaban J connectivity index is 1.33. The fraction of sp³-hybridized carbons (Fsp3) is 0.682. The van der Waals surface area contributed by atoms with Crippen molar-refractivity contribution in [1.82, 2.24) is 24.8 Å². The molecule has 192 valence electrons. The number of hydrogen-bond donors (Lipinski definition) is 2. The van der Waals surface area contributed by atoms with Crippen LogP contribution >= 0.6 is 0 Å². The van der Waals surface area contributed by atoms with Crippen LogP contribution in [0, 0.1) is 5.92 Å². The SMILES string of the molecule is COC[C@H](c1cnn2cc(C(N)C3CCC4(CC3)OCCO4)nc2c1)N1C[C@@H](C(F)(F)F)NC1=O. The molecule has 4 heterocycles. The lowest BCUT2D eigenvalue weighted by atomic mass is 9.80. The molecule has 2 aromatic heterocycles. The first-order valence-electron chi connectivity index (χ1n) is 11.7. The van der Waals surface area contributed by atoms with Crippen molar-refractivity contribution in [3.63, 3.8) is 0 Å². The summed E-state index contributed by atoms with van der Waals surface area (Å²) in [6.45, 7) is 0.744. The number of amides is 2. The summed E-state index contributed by atoms with van der Waals surface area (Å²) in [5.74, 6) is -0.249. The Labute approximate surface area is 199 Å². The van der Waals surface area contributed by atoms with E-state index in [0.29, 0.717) is 30.1 Å². The van der Waals surface area contributed by atoms with Gasteiger partial charge in [-0.2, -0.15) is 18.3 Å². The Bertz CT molecular complexity index is 1060. The van der Waals surface area contributed by atoms with Crippen molar-refractivity contribution in [2.45, 2.75) is 55.8 Å². The second-order valence-corrected chi connectivity index (χ2v) is 9.40. The minimum atomic E-state index is -4.53. The van der Waals surface area contributed by atoms with Crippen LogP contribution in [0.4, 0.5) is 18.0 Å². The van der Waals surface area contributed by atoms with Gasteiger partial charge < -0.3 is 30.2 Å². The number of hydrogen-bond acceptors (Lipinski definition) is 7. The Morgan fingerprint density at radius 3 is 2.66 bits per heavy atom. The minimum Gasteiger partial charge on any atom is -0.382 e. The number of carbonyl (C=O) groups excluding carboxylic acids is 1. The smallest absolute Gasteiger partial charge is 0.382 e. The molecule has 0 aromatic carbocycles. The molecule has 35 heavy (non-hydrogen) atoms. The molecule has 10 nitrogen and oxygen atoms in total. The standard InChI is InChI=1S/C22H29F3N6O4/c1-33-12-16(30-11-17(22(23,24)25)29-20(30)32)14-8-18-28-15(10-31(18)27-9-14)19(26)13-2-4-21(5-3-13)34-6-7-35-21/h8-10,13,16-17,19H,2-7,11-12,26H2,1H3,(H,29,32)/t16-,17+,19?/m1/s1. The molecule has 2 saturated heterocycles. The number of carbonyl (C=O) groups is 1. The second-order valence-electron chi connectivity index (χ2n) is 9.40. The van der Waals surface area contributed by atoms with E-state index in [1.165, 1.54) is 13.3 Å². The van der Waals surface area contributed by atoms with Gasteiger partial charge in [-0.05, 0) is 24.8 Å². The maximum Gasteiger partial charge on any atom is 0.410 e. The molecule has 0 radical (unpaired) electrons. The number of imidazole rings is 1. The largest absolute Gasteiger partial charge is 0.410 e. The van der Waals surface area contributed by atoms with Gasteiger partial charge in [0.05, 0.1) is 56.5 Å². The summed E-state index contributed by atoms with van der Waals surface area (Å²) in [6.07, 6.45) is 2.04. The molecule has 1 unspecified atom stereocenters. The summed E-state index contributed by atoms with van der Waals surface area (Å²) in [5, 5.41) is 6.37. The van der Waals surface area contributed by atoms with Crippen LogP contribution in [0.3, 0.4) is 0 Å². The number of alkyl halides is 3. The van der Waals surface area contributed by atoms with E-state index in [9.17, 15) is 18.0 Å². The number of nitrogens with zero attached hydrogens (tertiary/aromatic N) is 4. The van der Waals surface area contributed by atoms with E-state index < -0.39 is 36.6 Å². The van der Waals surface area contributed by atoms with Crippen molar-refractivity contribution in [3.8, 4) is 0 Å².